The number of benzene rings is 2. The van der Waals surface area contributed by atoms with Gasteiger partial charge in [0, 0.05) is 22.5 Å². The molecule has 5 rings (SSSR count). The molecule has 3 aliphatic carbocycles. The predicted octanol–water partition coefficient (Wildman–Crippen LogP) is 5.69. The van der Waals surface area contributed by atoms with Crippen molar-refractivity contribution < 1.29 is 0 Å². The van der Waals surface area contributed by atoms with E-state index in [4.69, 9.17) is 0 Å². The maximum absolute atomic E-state index is 9.40. The van der Waals surface area contributed by atoms with Gasteiger partial charge in [0.2, 0.25) is 6.19 Å². The smallest absolute Gasteiger partial charge is 0.177 e. The van der Waals surface area contributed by atoms with Crippen molar-refractivity contribution in [2.75, 3.05) is 0 Å². The molecule has 0 unspecified atom stereocenters. The molecule has 0 amide bonds. The van der Waals surface area contributed by atoms with Gasteiger partial charge in [0.1, 0.15) is 0 Å². The van der Waals surface area contributed by atoms with Crippen molar-refractivity contribution in [1.29, 1.82) is 5.26 Å². The second-order valence-corrected chi connectivity index (χ2v) is 9.07. The van der Waals surface area contributed by atoms with Crippen molar-refractivity contribution in [3.63, 3.8) is 0 Å². The number of nitrogens with zero attached hydrogens (tertiary/aromatic N) is 2. The van der Waals surface area contributed by atoms with Crippen molar-refractivity contribution in [2.45, 2.75) is 51.4 Å². The molecule has 0 heterocycles. The molecule has 2 nitrogen and oxygen atoms in total. The Morgan fingerprint density at radius 1 is 1.00 bits per heavy atom. The number of fused-ring (bicyclic) bond motifs is 1. The van der Waals surface area contributed by atoms with Crippen LogP contribution in [0.2, 0.25) is 0 Å². The molecule has 1 spiro atoms. The van der Waals surface area contributed by atoms with E-state index in [0.717, 1.165) is 42.9 Å². The molecule has 2 heteroatoms. The second kappa shape index (κ2) is 7.53. The summed E-state index contributed by atoms with van der Waals surface area (Å²) in [5, 5.41) is 9.40. The number of aliphatic imine (C=N–C) groups is 1. The summed E-state index contributed by atoms with van der Waals surface area (Å²) < 4.78 is 0. The quantitative estimate of drug-likeness (QED) is 0.488. The van der Waals surface area contributed by atoms with Crippen LogP contribution in [0.4, 0.5) is 0 Å². The Bertz CT molecular complexity index is 1030. The molecule has 0 aliphatic heterocycles. The van der Waals surface area contributed by atoms with Gasteiger partial charge in [-0.25, -0.2) is 0 Å². The Morgan fingerprint density at radius 2 is 1.79 bits per heavy atom. The van der Waals surface area contributed by atoms with Gasteiger partial charge in [-0.3, -0.25) is 0 Å². The van der Waals surface area contributed by atoms with Gasteiger partial charge in [-0.05, 0) is 80.5 Å². The van der Waals surface area contributed by atoms with Crippen LogP contribution in [-0.4, -0.2) is 5.71 Å². The number of rotatable bonds is 2. The highest BCUT2D eigenvalue weighted by atomic mass is 14.8. The normalized spacial score (nSPS) is 26.6. The van der Waals surface area contributed by atoms with E-state index in [1.807, 2.05) is 0 Å². The van der Waals surface area contributed by atoms with E-state index < -0.39 is 0 Å². The van der Waals surface area contributed by atoms with E-state index in [-0.39, 0.29) is 5.41 Å². The minimum absolute atomic E-state index is 0.0494. The third-order valence-corrected chi connectivity index (χ3v) is 6.99. The molecule has 3 aliphatic rings. The summed E-state index contributed by atoms with van der Waals surface area (Å²) in [5.74, 6) is 8.02. The zero-order chi connectivity index (χ0) is 19.7. The Balaban J connectivity index is 1.36. The Kier molecular flexibility index (Phi) is 4.73. The molecule has 0 N–H and O–H groups in total. The summed E-state index contributed by atoms with van der Waals surface area (Å²) in [5.41, 5.74) is 6.11. The lowest BCUT2D eigenvalue weighted by molar-refractivity contribution is 0.226. The highest BCUT2D eigenvalue weighted by Crippen LogP contribution is 2.49. The van der Waals surface area contributed by atoms with E-state index in [0.29, 0.717) is 5.92 Å². The molecular formula is C27H26N2. The van der Waals surface area contributed by atoms with Gasteiger partial charge in [-0.15, -0.1) is 0 Å². The summed E-state index contributed by atoms with van der Waals surface area (Å²) in [6.45, 7) is 0. The lowest BCUT2D eigenvalue weighted by atomic mass is 9.67. The van der Waals surface area contributed by atoms with Crippen molar-refractivity contribution >= 4 is 5.71 Å². The summed E-state index contributed by atoms with van der Waals surface area (Å²) >= 11 is 0. The molecule has 0 atom stereocenters. The van der Waals surface area contributed by atoms with Gasteiger partial charge in [0.15, 0.2) is 0 Å². The fourth-order valence-corrected chi connectivity index (χ4v) is 5.20. The summed E-state index contributed by atoms with van der Waals surface area (Å²) in [7, 11) is 0. The average molecular weight is 379 g/mol. The van der Waals surface area contributed by atoms with Gasteiger partial charge < -0.3 is 0 Å². The van der Waals surface area contributed by atoms with Crippen LogP contribution < -0.4 is 0 Å². The van der Waals surface area contributed by atoms with Crippen molar-refractivity contribution in [3.8, 4) is 18.0 Å². The fraction of sp³-hybridized carbons (Fsp3) is 0.407. The number of hydrogen-bond donors (Lipinski definition) is 0. The Morgan fingerprint density at radius 3 is 2.52 bits per heavy atom. The number of hydrogen-bond acceptors (Lipinski definition) is 2. The van der Waals surface area contributed by atoms with E-state index in [9.17, 15) is 5.26 Å². The van der Waals surface area contributed by atoms with Crippen LogP contribution in [0.3, 0.4) is 0 Å². The van der Waals surface area contributed by atoms with Crippen LogP contribution in [0.1, 0.15) is 60.8 Å². The van der Waals surface area contributed by atoms with Crippen LogP contribution in [0.5, 0.6) is 0 Å². The average Bonchev–Trinajstić information content (AvgIpc) is 3.54. The van der Waals surface area contributed by atoms with E-state index in [2.05, 4.69) is 71.6 Å². The maximum Gasteiger partial charge on any atom is 0.205 e. The summed E-state index contributed by atoms with van der Waals surface area (Å²) in [6, 6.07) is 17.4. The molecular weight excluding hydrogens is 352 g/mol. The Hall–Kier alpha value is -2.84. The van der Waals surface area contributed by atoms with Crippen molar-refractivity contribution in [2.24, 2.45) is 22.2 Å². The largest absolute Gasteiger partial charge is 0.205 e. The Labute approximate surface area is 173 Å². The maximum atomic E-state index is 9.40. The third-order valence-electron chi connectivity index (χ3n) is 6.99. The summed E-state index contributed by atoms with van der Waals surface area (Å²) in [6.07, 6.45) is 11.5. The van der Waals surface area contributed by atoms with Gasteiger partial charge in [0.25, 0.3) is 0 Å². The molecule has 2 aromatic rings. The highest BCUT2D eigenvalue weighted by Gasteiger charge is 2.45. The van der Waals surface area contributed by atoms with Crippen molar-refractivity contribution in [3.05, 3.63) is 70.8 Å². The molecule has 0 saturated heterocycles. The standard InChI is InChI=1S/C27H26N2/c28-19-29-26-25-17-22(9-8-20-6-7-20)10-11-24(25)18-27(26)14-12-23(13-15-27)16-21-4-2-1-3-5-21/h1-5,10-11,17,20,23H,6-7,12-16,18H2. The highest BCUT2D eigenvalue weighted by molar-refractivity contribution is 6.09. The minimum atomic E-state index is 0.0494. The lowest BCUT2D eigenvalue weighted by Gasteiger charge is -2.37. The van der Waals surface area contributed by atoms with Crippen LogP contribution in [0.25, 0.3) is 0 Å². The van der Waals surface area contributed by atoms with Crippen LogP contribution in [0.15, 0.2) is 53.5 Å². The molecule has 2 aromatic carbocycles. The van der Waals surface area contributed by atoms with Crippen LogP contribution in [0, 0.1) is 40.5 Å². The van der Waals surface area contributed by atoms with Gasteiger partial charge in [0.05, 0.1) is 5.71 Å². The zero-order valence-electron chi connectivity index (χ0n) is 16.8. The fourth-order valence-electron chi connectivity index (χ4n) is 5.20. The molecule has 144 valence electrons. The lowest BCUT2D eigenvalue weighted by Crippen LogP contribution is -2.34. The first kappa shape index (κ1) is 18.2. The first-order valence-corrected chi connectivity index (χ1v) is 10.9. The minimum Gasteiger partial charge on any atom is -0.177 e. The van der Waals surface area contributed by atoms with Gasteiger partial charge >= 0.3 is 0 Å². The van der Waals surface area contributed by atoms with E-state index in [1.54, 1.807) is 0 Å². The number of nitriles is 1. The van der Waals surface area contributed by atoms with E-state index >= 15 is 0 Å². The molecule has 0 aromatic heterocycles. The molecule has 0 bridgehead atoms. The molecule has 2 saturated carbocycles. The van der Waals surface area contributed by atoms with Crippen molar-refractivity contribution in [1.82, 2.24) is 0 Å². The zero-order valence-corrected chi connectivity index (χ0v) is 16.8. The molecule has 0 radical (unpaired) electrons. The second-order valence-electron chi connectivity index (χ2n) is 9.07. The topological polar surface area (TPSA) is 36.1 Å². The van der Waals surface area contributed by atoms with Crippen LogP contribution in [-0.2, 0) is 12.8 Å². The van der Waals surface area contributed by atoms with Gasteiger partial charge in [-0.1, -0.05) is 48.2 Å². The molecule has 29 heavy (non-hydrogen) atoms. The first-order valence-electron chi connectivity index (χ1n) is 10.9. The molecule has 2 fully saturated rings. The monoisotopic (exact) mass is 378 g/mol. The van der Waals surface area contributed by atoms with Crippen LogP contribution >= 0.6 is 0 Å². The third kappa shape index (κ3) is 3.73. The van der Waals surface area contributed by atoms with E-state index in [1.165, 1.54) is 42.4 Å². The van der Waals surface area contributed by atoms with Gasteiger partial charge in [-0.2, -0.15) is 10.3 Å². The predicted molar refractivity (Wildman–Crippen MR) is 116 cm³/mol. The summed E-state index contributed by atoms with van der Waals surface area (Å²) in [4.78, 5) is 4.37. The first-order chi connectivity index (χ1) is 14.3. The SMILES string of the molecule is N#CN=C1c2cc(C#CC3CC3)ccc2CC12CCC(Cc1ccccc1)CC2.